The molecule has 0 saturated heterocycles. The first-order valence-corrected chi connectivity index (χ1v) is 7.13. The van der Waals surface area contributed by atoms with E-state index in [0.717, 1.165) is 35.0 Å². The quantitative estimate of drug-likeness (QED) is 0.890. The van der Waals surface area contributed by atoms with Gasteiger partial charge >= 0.3 is 0 Å². The molecular weight excluding hydrogens is 274 g/mol. The third kappa shape index (κ3) is 3.14. The molecule has 1 unspecified atom stereocenters. The zero-order chi connectivity index (χ0) is 14.5. The van der Waals surface area contributed by atoms with E-state index >= 15 is 0 Å². The van der Waals surface area contributed by atoms with Gasteiger partial charge in [0.05, 0.1) is 25.0 Å². The maximum atomic E-state index is 6.35. The maximum absolute atomic E-state index is 6.35. The van der Waals surface area contributed by atoms with Crippen molar-refractivity contribution >= 4 is 11.6 Å². The highest BCUT2D eigenvalue weighted by Gasteiger charge is 2.19. The topological polar surface area (TPSA) is 53.1 Å². The Morgan fingerprint density at radius 2 is 2.15 bits per heavy atom. The highest BCUT2D eigenvalue weighted by atomic mass is 35.5. The molecule has 1 aromatic heterocycles. The van der Waals surface area contributed by atoms with Crippen molar-refractivity contribution in [3.05, 3.63) is 46.7 Å². The van der Waals surface area contributed by atoms with Crippen LogP contribution in [0.25, 0.3) is 0 Å². The summed E-state index contributed by atoms with van der Waals surface area (Å²) in [5, 5.41) is 5.08. The molecule has 0 saturated carbocycles. The standard InChI is InChI=1S/C15H20ClN3O/c1-3-8-19-15(14(20-2)10-18-19)13(17)9-11-6-4-5-7-12(11)16/h4-7,10,13H,3,8-9,17H2,1-2H3. The Hall–Kier alpha value is -1.52. The predicted octanol–water partition coefficient (Wildman–Crippen LogP) is 3.20. The van der Waals surface area contributed by atoms with Crippen molar-refractivity contribution in [3.8, 4) is 5.75 Å². The van der Waals surface area contributed by atoms with Crippen molar-refractivity contribution in [1.82, 2.24) is 9.78 Å². The van der Waals surface area contributed by atoms with Gasteiger partial charge in [-0.3, -0.25) is 4.68 Å². The number of nitrogens with two attached hydrogens (primary N) is 1. The van der Waals surface area contributed by atoms with E-state index in [0.29, 0.717) is 6.42 Å². The number of nitrogens with zero attached hydrogens (tertiary/aromatic N) is 2. The number of methoxy groups -OCH3 is 1. The van der Waals surface area contributed by atoms with E-state index in [2.05, 4.69) is 12.0 Å². The molecule has 1 atom stereocenters. The number of aryl methyl sites for hydroxylation is 1. The number of ether oxygens (including phenoxy) is 1. The second kappa shape index (κ2) is 6.77. The molecule has 1 heterocycles. The molecule has 4 nitrogen and oxygen atoms in total. The van der Waals surface area contributed by atoms with Crippen molar-refractivity contribution in [2.75, 3.05) is 7.11 Å². The van der Waals surface area contributed by atoms with E-state index in [1.807, 2.05) is 28.9 Å². The molecule has 0 spiro atoms. The smallest absolute Gasteiger partial charge is 0.161 e. The predicted molar refractivity (Wildman–Crippen MR) is 81.2 cm³/mol. The van der Waals surface area contributed by atoms with Crippen LogP contribution in [0, 0.1) is 0 Å². The van der Waals surface area contributed by atoms with Crippen LogP contribution in [-0.4, -0.2) is 16.9 Å². The molecule has 2 rings (SSSR count). The number of aromatic nitrogens is 2. The maximum Gasteiger partial charge on any atom is 0.161 e. The molecule has 5 heteroatoms. The SMILES string of the molecule is CCCn1ncc(OC)c1C(N)Cc1ccccc1Cl. The van der Waals surface area contributed by atoms with Crippen molar-refractivity contribution in [2.45, 2.75) is 32.4 Å². The number of hydrogen-bond acceptors (Lipinski definition) is 3. The molecule has 2 N–H and O–H groups in total. The minimum atomic E-state index is -0.195. The van der Waals surface area contributed by atoms with E-state index in [1.165, 1.54) is 0 Å². The van der Waals surface area contributed by atoms with Crippen LogP contribution in [0.15, 0.2) is 30.5 Å². The Balaban J connectivity index is 2.26. The highest BCUT2D eigenvalue weighted by Crippen LogP contribution is 2.28. The van der Waals surface area contributed by atoms with Gasteiger partial charge in [0, 0.05) is 11.6 Å². The Kier molecular flexibility index (Phi) is 5.04. The lowest BCUT2D eigenvalue weighted by molar-refractivity contribution is 0.400. The summed E-state index contributed by atoms with van der Waals surface area (Å²) in [7, 11) is 1.64. The van der Waals surface area contributed by atoms with Crippen LogP contribution in [0.2, 0.25) is 5.02 Å². The first-order chi connectivity index (χ1) is 9.67. The zero-order valence-electron chi connectivity index (χ0n) is 11.8. The number of benzene rings is 1. The molecule has 2 aromatic rings. The van der Waals surface area contributed by atoms with Gasteiger partial charge in [-0.1, -0.05) is 36.7 Å². The van der Waals surface area contributed by atoms with E-state index in [1.54, 1.807) is 13.3 Å². The van der Waals surface area contributed by atoms with Crippen LogP contribution in [-0.2, 0) is 13.0 Å². The van der Waals surface area contributed by atoms with Crippen molar-refractivity contribution in [3.63, 3.8) is 0 Å². The van der Waals surface area contributed by atoms with E-state index in [-0.39, 0.29) is 6.04 Å². The molecule has 108 valence electrons. The molecule has 1 aromatic carbocycles. The Bertz CT molecular complexity index is 568. The number of hydrogen-bond donors (Lipinski definition) is 1. The van der Waals surface area contributed by atoms with Gasteiger partial charge in [-0.05, 0) is 24.5 Å². The lowest BCUT2D eigenvalue weighted by Gasteiger charge is -2.16. The Morgan fingerprint density at radius 1 is 1.40 bits per heavy atom. The molecule has 20 heavy (non-hydrogen) atoms. The summed E-state index contributed by atoms with van der Waals surface area (Å²) < 4.78 is 7.28. The minimum absolute atomic E-state index is 0.195. The van der Waals surface area contributed by atoms with Crippen LogP contribution in [0.1, 0.15) is 30.6 Å². The first-order valence-electron chi connectivity index (χ1n) is 6.76. The van der Waals surface area contributed by atoms with Crippen molar-refractivity contribution < 1.29 is 4.74 Å². The average Bonchev–Trinajstić information content (AvgIpc) is 2.85. The van der Waals surface area contributed by atoms with Gasteiger partial charge in [0.1, 0.15) is 0 Å². The first kappa shape index (κ1) is 14.9. The molecule has 0 aliphatic carbocycles. The molecule has 0 radical (unpaired) electrons. The Morgan fingerprint density at radius 3 is 2.80 bits per heavy atom. The van der Waals surface area contributed by atoms with Gasteiger partial charge in [-0.25, -0.2) is 0 Å². The highest BCUT2D eigenvalue weighted by molar-refractivity contribution is 6.31. The summed E-state index contributed by atoms with van der Waals surface area (Å²) in [6.07, 6.45) is 3.37. The molecule has 0 bridgehead atoms. The molecule has 0 amide bonds. The van der Waals surface area contributed by atoms with Gasteiger partial charge < -0.3 is 10.5 Å². The summed E-state index contributed by atoms with van der Waals surface area (Å²) in [5.41, 5.74) is 8.31. The third-order valence-electron chi connectivity index (χ3n) is 3.25. The molecule has 0 aliphatic heterocycles. The summed E-state index contributed by atoms with van der Waals surface area (Å²) in [5.74, 6) is 0.734. The van der Waals surface area contributed by atoms with Crippen molar-refractivity contribution in [2.24, 2.45) is 5.73 Å². The van der Waals surface area contributed by atoms with Gasteiger partial charge in [0.15, 0.2) is 5.75 Å². The average molecular weight is 294 g/mol. The Labute approximate surface area is 124 Å². The number of rotatable bonds is 6. The van der Waals surface area contributed by atoms with Gasteiger partial charge in [-0.2, -0.15) is 5.10 Å². The minimum Gasteiger partial charge on any atom is -0.493 e. The lowest BCUT2D eigenvalue weighted by atomic mass is 10.0. The summed E-state index contributed by atoms with van der Waals surface area (Å²) in [6, 6.07) is 7.56. The zero-order valence-corrected chi connectivity index (χ0v) is 12.6. The fraction of sp³-hybridized carbons (Fsp3) is 0.400. The normalized spacial score (nSPS) is 12.4. The molecule has 0 aliphatic rings. The van der Waals surface area contributed by atoms with Gasteiger partial charge in [0.2, 0.25) is 0 Å². The van der Waals surface area contributed by atoms with Gasteiger partial charge in [-0.15, -0.1) is 0 Å². The molecule has 0 fully saturated rings. The van der Waals surface area contributed by atoms with Crippen LogP contribution in [0.3, 0.4) is 0 Å². The third-order valence-corrected chi connectivity index (χ3v) is 3.62. The van der Waals surface area contributed by atoms with Gasteiger partial charge in [0.25, 0.3) is 0 Å². The largest absolute Gasteiger partial charge is 0.493 e. The summed E-state index contributed by atoms with van der Waals surface area (Å²) in [6.45, 7) is 2.94. The van der Waals surface area contributed by atoms with E-state index < -0.39 is 0 Å². The second-order valence-corrected chi connectivity index (χ2v) is 5.13. The molecular formula is C15H20ClN3O. The van der Waals surface area contributed by atoms with Crippen LogP contribution < -0.4 is 10.5 Å². The van der Waals surface area contributed by atoms with E-state index in [4.69, 9.17) is 22.1 Å². The second-order valence-electron chi connectivity index (χ2n) is 4.72. The van der Waals surface area contributed by atoms with Crippen LogP contribution in [0.4, 0.5) is 0 Å². The number of halogens is 1. The fourth-order valence-corrected chi connectivity index (χ4v) is 2.51. The summed E-state index contributed by atoms with van der Waals surface area (Å²) >= 11 is 6.20. The lowest BCUT2D eigenvalue weighted by Crippen LogP contribution is -2.19. The van der Waals surface area contributed by atoms with Crippen molar-refractivity contribution in [1.29, 1.82) is 0 Å². The fourth-order valence-electron chi connectivity index (χ4n) is 2.30. The monoisotopic (exact) mass is 293 g/mol. The van der Waals surface area contributed by atoms with Crippen LogP contribution >= 0.6 is 11.6 Å². The van der Waals surface area contributed by atoms with Crippen LogP contribution in [0.5, 0.6) is 5.75 Å². The summed E-state index contributed by atoms with van der Waals surface area (Å²) in [4.78, 5) is 0. The van der Waals surface area contributed by atoms with E-state index in [9.17, 15) is 0 Å².